The van der Waals surface area contributed by atoms with Crippen molar-refractivity contribution in [2.24, 2.45) is 0 Å². The van der Waals surface area contributed by atoms with Crippen LogP contribution in [0.2, 0.25) is 0 Å². The van der Waals surface area contributed by atoms with Crippen LogP contribution in [0.3, 0.4) is 0 Å². The van der Waals surface area contributed by atoms with Gasteiger partial charge in [0, 0.05) is 11.4 Å². The van der Waals surface area contributed by atoms with Gasteiger partial charge in [0.1, 0.15) is 12.4 Å². The fourth-order valence-electron chi connectivity index (χ4n) is 4.01. The van der Waals surface area contributed by atoms with Gasteiger partial charge >= 0.3 is 0 Å². The van der Waals surface area contributed by atoms with E-state index in [1.54, 1.807) is 4.68 Å². The summed E-state index contributed by atoms with van der Waals surface area (Å²) in [6.45, 7) is 10.8. The SMILES string of the molecule is CCOc1ccc(C2C(C(=O)Nc3cccc(C)c3C)=C(C)Nc3ncnn32)cc1OCC. The Bertz CT molecular complexity index is 1210. The van der Waals surface area contributed by atoms with Gasteiger partial charge in [-0.3, -0.25) is 4.79 Å². The van der Waals surface area contributed by atoms with Crippen LogP contribution in [0.5, 0.6) is 11.5 Å². The third kappa shape index (κ3) is 4.28. The summed E-state index contributed by atoms with van der Waals surface area (Å²) in [4.78, 5) is 17.9. The lowest BCUT2D eigenvalue weighted by molar-refractivity contribution is -0.113. The standard InChI is InChI=1S/C25H29N5O3/c1-6-32-20-12-11-18(13-21(20)33-7-2)23-22(17(5)28-25-26-14-27-30(23)25)24(31)29-19-10-8-9-15(3)16(19)4/h8-14,23H,6-7H2,1-5H3,(H,29,31)(H,26,27,28). The highest BCUT2D eigenvalue weighted by atomic mass is 16.5. The van der Waals surface area contributed by atoms with E-state index in [9.17, 15) is 4.79 Å². The molecule has 1 amide bonds. The lowest BCUT2D eigenvalue weighted by Crippen LogP contribution is -2.31. The molecule has 0 aliphatic carbocycles. The number of hydrogen-bond donors (Lipinski definition) is 2. The first kappa shape index (κ1) is 22.4. The third-order valence-corrected chi connectivity index (χ3v) is 5.78. The highest BCUT2D eigenvalue weighted by molar-refractivity contribution is 6.06. The van der Waals surface area contributed by atoms with Crippen LogP contribution in [-0.4, -0.2) is 33.9 Å². The molecule has 1 aromatic heterocycles. The molecule has 8 heteroatoms. The van der Waals surface area contributed by atoms with Crippen molar-refractivity contribution in [3.05, 3.63) is 70.7 Å². The highest BCUT2D eigenvalue weighted by Crippen LogP contribution is 2.39. The first-order valence-corrected chi connectivity index (χ1v) is 11.1. The van der Waals surface area contributed by atoms with Crippen molar-refractivity contribution in [1.29, 1.82) is 0 Å². The Labute approximate surface area is 193 Å². The summed E-state index contributed by atoms with van der Waals surface area (Å²) in [6.07, 6.45) is 1.48. The number of rotatable bonds is 7. The van der Waals surface area contributed by atoms with Crippen molar-refractivity contribution in [2.45, 2.75) is 40.7 Å². The zero-order chi connectivity index (χ0) is 23.5. The van der Waals surface area contributed by atoms with Crippen LogP contribution in [-0.2, 0) is 4.79 Å². The first-order chi connectivity index (χ1) is 15.9. The number of aromatic nitrogens is 3. The van der Waals surface area contributed by atoms with Crippen LogP contribution in [0.15, 0.2) is 54.0 Å². The number of carbonyl (C=O) groups excluding carboxylic acids is 1. The lowest BCUT2D eigenvalue weighted by Gasteiger charge is -2.29. The average Bonchev–Trinajstić information content (AvgIpc) is 3.25. The van der Waals surface area contributed by atoms with Crippen LogP contribution in [0.25, 0.3) is 0 Å². The number of carbonyl (C=O) groups is 1. The lowest BCUT2D eigenvalue weighted by atomic mass is 9.94. The largest absolute Gasteiger partial charge is 0.490 e. The summed E-state index contributed by atoms with van der Waals surface area (Å²) in [7, 11) is 0. The Kier molecular flexibility index (Phi) is 6.35. The molecular weight excluding hydrogens is 418 g/mol. The molecule has 172 valence electrons. The number of nitrogens with zero attached hydrogens (tertiary/aromatic N) is 3. The number of allylic oxidation sites excluding steroid dienone is 1. The van der Waals surface area contributed by atoms with Gasteiger partial charge in [0.05, 0.1) is 18.8 Å². The molecule has 2 aromatic carbocycles. The molecule has 0 radical (unpaired) electrons. The molecule has 1 unspecified atom stereocenters. The molecule has 2 N–H and O–H groups in total. The summed E-state index contributed by atoms with van der Waals surface area (Å²) in [5, 5.41) is 10.7. The molecule has 0 saturated carbocycles. The number of nitrogens with one attached hydrogen (secondary N) is 2. The van der Waals surface area contributed by atoms with Crippen LogP contribution < -0.4 is 20.1 Å². The number of anilines is 2. The smallest absolute Gasteiger partial charge is 0.255 e. The second-order valence-electron chi connectivity index (χ2n) is 7.87. The van der Waals surface area contributed by atoms with Crippen LogP contribution in [0.4, 0.5) is 11.6 Å². The zero-order valence-electron chi connectivity index (χ0n) is 19.6. The minimum Gasteiger partial charge on any atom is -0.490 e. The van der Waals surface area contributed by atoms with Gasteiger partial charge in [-0.2, -0.15) is 10.1 Å². The molecule has 1 atom stereocenters. The highest BCUT2D eigenvalue weighted by Gasteiger charge is 2.34. The summed E-state index contributed by atoms with van der Waals surface area (Å²) < 4.78 is 13.3. The molecule has 4 rings (SSSR count). The molecule has 0 bridgehead atoms. The molecule has 33 heavy (non-hydrogen) atoms. The molecular formula is C25H29N5O3. The molecule has 1 aliphatic rings. The second-order valence-corrected chi connectivity index (χ2v) is 7.87. The molecule has 8 nitrogen and oxygen atoms in total. The van der Waals surface area contributed by atoms with Crippen molar-refractivity contribution in [3.63, 3.8) is 0 Å². The summed E-state index contributed by atoms with van der Waals surface area (Å²) in [6, 6.07) is 11.1. The zero-order valence-corrected chi connectivity index (χ0v) is 19.6. The number of aryl methyl sites for hydroxylation is 1. The predicted molar refractivity (Wildman–Crippen MR) is 128 cm³/mol. The summed E-state index contributed by atoms with van der Waals surface area (Å²) >= 11 is 0. The van der Waals surface area contributed by atoms with Crippen molar-refractivity contribution < 1.29 is 14.3 Å². The minimum absolute atomic E-state index is 0.202. The minimum atomic E-state index is -0.483. The number of benzene rings is 2. The Morgan fingerprint density at radius 2 is 1.85 bits per heavy atom. The molecule has 0 spiro atoms. The monoisotopic (exact) mass is 447 g/mol. The van der Waals surface area contributed by atoms with Crippen LogP contribution in [0, 0.1) is 13.8 Å². The third-order valence-electron chi connectivity index (χ3n) is 5.78. The number of hydrogen-bond acceptors (Lipinski definition) is 6. The van der Waals surface area contributed by atoms with E-state index in [1.165, 1.54) is 6.33 Å². The fourth-order valence-corrected chi connectivity index (χ4v) is 4.01. The van der Waals surface area contributed by atoms with Gasteiger partial charge in [-0.25, -0.2) is 4.68 Å². The van der Waals surface area contributed by atoms with Crippen molar-refractivity contribution in [2.75, 3.05) is 23.8 Å². The quantitative estimate of drug-likeness (QED) is 0.549. The second kappa shape index (κ2) is 9.36. The summed E-state index contributed by atoms with van der Waals surface area (Å²) in [5.41, 5.74) is 5.05. The van der Waals surface area contributed by atoms with Crippen LogP contribution >= 0.6 is 0 Å². The van der Waals surface area contributed by atoms with E-state index < -0.39 is 6.04 Å². The Morgan fingerprint density at radius 1 is 1.09 bits per heavy atom. The van der Waals surface area contributed by atoms with Gasteiger partial charge in [-0.15, -0.1) is 0 Å². The maximum atomic E-state index is 13.6. The van der Waals surface area contributed by atoms with E-state index in [0.717, 1.165) is 28.1 Å². The predicted octanol–water partition coefficient (Wildman–Crippen LogP) is 4.62. The van der Waals surface area contributed by atoms with Crippen molar-refractivity contribution in [3.8, 4) is 11.5 Å². The van der Waals surface area contributed by atoms with E-state index in [0.29, 0.717) is 36.2 Å². The Balaban J connectivity index is 1.78. The van der Waals surface area contributed by atoms with Gasteiger partial charge in [-0.1, -0.05) is 18.2 Å². The van der Waals surface area contributed by atoms with Gasteiger partial charge in [-0.05, 0) is 69.5 Å². The summed E-state index contributed by atoms with van der Waals surface area (Å²) in [5.74, 6) is 1.67. The van der Waals surface area contributed by atoms with E-state index in [-0.39, 0.29) is 5.91 Å². The maximum Gasteiger partial charge on any atom is 0.255 e. The number of amides is 1. The molecule has 3 aromatic rings. The molecule has 0 fully saturated rings. The Morgan fingerprint density at radius 3 is 2.61 bits per heavy atom. The fraction of sp³-hybridized carbons (Fsp3) is 0.320. The van der Waals surface area contributed by atoms with E-state index in [1.807, 2.05) is 71.0 Å². The van der Waals surface area contributed by atoms with Crippen molar-refractivity contribution >= 4 is 17.5 Å². The Hall–Kier alpha value is -3.81. The molecule has 1 aliphatic heterocycles. The maximum absolute atomic E-state index is 13.6. The first-order valence-electron chi connectivity index (χ1n) is 11.1. The topological polar surface area (TPSA) is 90.3 Å². The van der Waals surface area contributed by atoms with Crippen molar-refractivity contribution in [1.82, 2.24) is 14.8 Å². The number of fused-ring (bicyclic) bond motifs is 1. The van der Waals surface area contributed by atoms with E-state index in [4.69, 9.17) is 9.47 Å². The van der Waals surface area contributed by atoms with Gasteiger partial charge < -0.3 is 20.1 Å². The molecule has 2 heterocycles. The van der Waals surface area contributed by atoms with E-state index in [2.05, 4.69) is 20.7 Å². The average molecular weight is 448 g/mol. The van der Waals surface area contributed by atoms with Gasteiger partial charge in [0.15, 0.2) is 11.5 Å². The van der Waals surface area contributed by atoms with Gasteiger partial charge in [0.2, 0.25) is 5.95 Å². The van der Waals surface area contributed by atoms with E-state index >= 15 is 0 Å². The normalized spacial score (nSPS) is 15.0. The number of ether oxygens (including phenoxy) is 2. The molecule has 0 saturated heterocycles. The van der Waals surface area contributed by atoms with Crippen LogP contribution in [0.1, 0.15) is 43.5 Å². The van der Waals surface area contributed by atoms with Gasteiger partial charge in [0.25, 0.3) is 5.91 Å².